The number of methoxy groups -OCH3 is 2. The molecule has 7 nitrogen and oxygen atoms in total. The van der Waals surface area contributed by atoms with Gasteiger partial charge in [0.15, 0.2) is 0 Å². The topological polar surface area (TPSA) is 71.1 Å². The molecule has 0 unspecified atom stereocenters. The summed E-state index contributed by atoms with van der Waals surface area (Å²) in [5.41, 5.74) is 1.56. The van der Waals surface area contributed by atoms with Crippen LogP contribution in [0.15, 0.2) is 42.5 Å². The maximum atomic E-state index is 12.6. The van der Waals surface area contributed by atoms with Crippen molar-refractivity contribution in [3.63, 3.8) is 0 Å². The van der Waals surface area contributed by atoms with Crippen LogP contribution in [-0.4, -0.2) is 69.1 Å². The van der Waals surface area contributed by atoms with Gasteiger partial charge in [0.25, 0.3) is 11.8 Å². The van der Waals surface area contributed by atoms with E-state index in [2.05, 4.69) is 10.2 Å². The van der Waals surface area contributed by atoms with Gasteiger partial charge in [-0.2, -0.15) is 0 Å². The van der Waals surface area contributed by atoms with Crippen LogP contribution in [0.3, 0.4) is 0 Å². The van der Waals surface area contributed by atoms with Crippen molar-refractivity contribution in [2.45, 2.75) is 0 Å². The Kier molecular flexibility index (Phi) is 6.16. The molecule has 2 amide bonds. The summed E-state index contributed by atoms with van der Waals surface area (Å²) in [4.78, 5) is 29.2. The highest BCUT2D eigenvalue weighted by atomic mass is 16.5. The fraction of sp³-hybridized carbons (Fsp3) is 0.333. The van der Waals surface area contributed by atoms with E-state index < -0.39 is 0 Å². The highest BCUT2D eigenvalue weighted by molar-refractivity contribution is 6.05. The maximum absolute atomic E-state index is 12.6. The molecule has 7 heteroatoms. The second-order valence-electron chi connectivity index (χ2n) is 6.69. The molecule has 0 saturated carbocycles. The molecule has 0 radical (unpaired) electrons. The third-order valence-electron chi connectivity index (χ3n) is 4.84. The van der Waals surface area contributed by atoms with E-state index in [9.17, 15) is 9.59 Å². The molecule has 0 bridgehead atoms. The summed E-state index contributed by atoms with van der Waals surface area (Å²) in [6.45, 7) is 3.17. The lowest BCUT2D eigenvalue weighted by atomic mass is 10.1. The Labute approximate surface area is 164 Å². The average Bonchev–Trinajstić information content (AvgIpc) is 2.73. The summed E-state index contributed by atoms with van der Waals surface area (Å²) in [5, 5.41) is 2.82. The summed E-state index contributed by atoms with van der Waals surface area (Å²) in [7, 11) is 5.15. The highest BCUT2D eigenvalue weighted by Crippen LogP contribution is 2.29. The SMILES string of the molecule is COc1ccc(OC)c(NC(=O)c2ccc(C(=O)N3CCN(C)CC3)cc2)c1. The molecule has 148 valence electrons. The number of hydrogen-bond acceptors (Lipinski definition) is 5. The smallest absolute Gasteiger partial charge is 0.255 e. The van der Waals surface area contributed by atoms with Crippen LogP contribution < -0.4 is 14.8 Å². The van der Waals surface area contributed by atoms with Crippen molar-refractivity contribution in [2.24, 2.45) is 0 Å². The Morgan fingerprint density at radius 1 is 0.893 bits per heavy atom. The Hall–Kier alpha value is -3.06. The molecule has 0 aromatic heterocycles. The number of anilines is 1. The quantitative estimate of drug-likeness (QED) is 0.858. The molecule has 1 aliphatic rings. The van der Waals surface area contributed by atoms with E-state index in [0.717, 1.165) is 13.1 Å². The molecule has 1 N–H and O–H groups in total. The second kappa shape index (κ2) is 8.75. The number of nitrogens with zero attached hydrogens (tertiary/aromatic N) is 2. The van der Waals surface area contributed by atoms with Gasteiger partial charge in [0, 0.05) is 43.4 Å². The van der Waals surface area contributed by atoms with Gasteiger partial charge >= 0.3 is 0 Å². The number of carbonyl (C=O) groups excluding carboxylic acids is 2. The van der Waals surface area contributed by atoms with Crippen molar-refractivity contribution in [3.05, 3.63) is 53.6 Å². The van der Waals surface area contributed by atoms with Gasteiger partial charge < -0.3 is 24.6 Å². The summed E-state index contributed by atoms with van der Waals surface area (Å²) in [6.07, 6.45) is 0. The Morgan fingerprint density at radius 3 is 2.14 bits per heavy atom. The minimum atomic E-state index is -0.287. The third-order valence-corrected chi connectivity index (χ3v) is 4.84. The average molecular weight is 383 g/mol. The largest absolute Gasteiger partial charge is 0.497 e. The number of hydrogen-bond donors (Lipinski definition) is 1. The zero-order valence-corrected chi connectivity index (χ0v) is 16.4. The van der Waals surface area contributed by atoms with Crippen molar-refractivity contribution in [1.29, 1.82) is 0 Å². The maximum Gasteiger partial charge on any atom is 0.255 e. The molecule has 1 fully saturated rings. The van der Waals surface area contributed by atoms with Gasteiger partial charge in [0.2, 0.25) is 0 Å². The van der Waals surface area contributed by atoms with Gasteiger partial charge in [-0.3, -0.25) is 9.59 Å². The van der Waals surface area contributed by atoms with Crippen LogP contribution in [0.4, 0.5) is 5.69 Å². The molecular weight excluding hydrogens is 358 g/mol. The number of ether oxygens (including phenoxy) is 2. The van der Waals surface area contributed by atoms with E-state index in [1.807, 2.05) is 11.9 Å². The Bertz CT molecular complexity index is 843. The number of nitrogens with one attached hydrogen (secondary N) is 1. The number of benzene rings is 2. The number of piperazine rings is 1. The van der Waals surface area contributed by atoms with Crippen LogP contribution in [-0.2, 0) is 0 Å². The molecule has 3 rings (SSSR count). The van der Waals surface area contributed by atoms with E-state index in [0.29, 0.717) is 41.4 Å². The molecule has 2 aromatic rings. The molecule has 2 aromatic carbocycles. The summed E-state index contributed by atoms with van der Waals surface area (Å²) in [6, 6.07) is 11.9. The Balaban J connectivity index is 1.69. The summed E-state index contributed by atoms with van der Waals surface area (Å²) >= 11 is 0. The molecule has 28 heavy (non-hydrogen) atoms. The van der Waals surface area contributed by atoms with E-state index in [1.165, 1.54) is 7.11 Å². The first-order valence-electron chi connectivity index (χ1n) is 9.13. The van der Waals surface area contributed by atoms with Crippen molar-refractivity contribution >= 4 is 17.5 Å². The fourth-order valence-electron chi connectivity index (χ4n) is 3.06. The van der Waals surface area contributed by atoms with E-state index >= 15 is 0 Å². The zero-order valence-electron chi connectivity index (χ0n) is 16.4. The van der Waals surface area contributed by atoms with Gasteiger partial charge in [-0.25, -0.2) is 0 Å². The van der Waals surface area contributed by atoms with Crippen molar-refractivity contribution in [2.75, 3.05) is 52.8 Å². The number of likely N-dealkylation sites (N-methyl/N-ethyl adjacent to an activating group) is 1. The molecule has 1 heterocycles. The minimum Gasteiger partial charge on any atom is -0.497 e. The first-order valence-corrected chi connectivity index (χ1v) is 9.13. The number of amides is 2. The summed E-state index contributed by atoms with van der Waals surface area (Å²) in [5.74, 6) is 0.861. The third kappa shape index (κ3) is 4.43. The van der Waals surface area contributed by atoms with E-state index in [1.54, 1.807) is 49.6 Å². The normalized spacial score (nSPS) is 14.5. The number of rotatable bonds is 5. The molecule has 0 atom stereocenters. The van der Waals surface area contributed by atoms with Crippen LogP contribution in [0, 0.1) is 0 Å². The number of carbonyl (C=O) groups is 2. The molecule has 0 aliphatic carbocycles. The van der Waals surface area contributed by atoms with Crippen LogP contribution in [0.5, 0.6) is 11.5 Å². The second-order valence-corrected chi connectivity index (χ2v) is 6.69. The molecular formula is C21H25N3O4. The Morgan fingerprint density at radius 2 is 1.54 bits per heavy atom. The summed E-state index contributed by atoms with van der Waals surface area (Å²) < 4.78 is 10.5. The monoisotopic (exact) mass is 383 g/mol. The van der Waals surface area contributed by atoms with Crippen molar-refractivity contribution in [1.82, 2.24) is 9.80 Å². The first-order chi connectivity index (χ1) is 13.5. The van der Waals surface area contributed by atoms with Gasteiger partial charge in [-0.05, 0) is 43.4 Å². The van der Waals surface area contributed by atoms with Gasteiger partial charge in [0.05, 0.1) is 19.9 Å². The van der Waals surface area contributed by atoms with Crippen LogP contribution in [0.25, 0.3) is 0 Å². The van der Waals surface area contributed by atoms with Crippen molar-refractivity contribution < 1.29 is 19.1 Å². The van der Waals surface area contributed by atoms with E-state index in [4.69, 9.17) is 9.47 Å². The molecule has 1 aliphatic heterocycles. The van der Waals surface area contributed by atoms with Crippen molar-refractivity contribution in [3.8, 4) is 11.5 Å². The predicted molar refractivity (Wildman–Crippen MR) is 107 cm³/mol. The van der Waals surface area contributed by atoms with Crippen LogP contribution >= 0.6 is 0 Å². The highest BCUT2D eigenvalue weighted by Gasteiger charge is 2.20. The predicted octanol–water partition coefficient (Wildman–Crippen LogP) is 2.34. The molecule has 1 saturated heterocycles. The van der Waals surface area contributed by atoms with Gasteiger partial charge in [0.1, 0.15) is 11.5 Å². The van der Waals surface area contributed by atoms with Gasteiger partial charge in [-0.15, -0.1) is 0 Å². The van der Waals surface area contributed by atoms with Crippen LogP contribution in [0.2, 0.25) is 0 Å². The minimum absolute atomic E-state index is 0.00507. The lowest BCUT2D eigenvalue weighted by Crippen LogP contribution is -2.47. The standard InChI is InChI=1S/C21H25N3O4/c1-23-10-12-24(13-11-23)21(26)16-6-4-15(5-7-16)20(25)22-18-14-17(27-2)8-9-19(18)28-3/h4-9,14H,10-13H2,1-3H3,(H,22,25). The lowest BCUT2D eigenvalue weighted by Gasteiger charge is -2.32. The van der Waals surface area contributed by atoms with Gasteiger partial charge in [-0.1, -0.05) is 0 Å². The van der Waals surface area contributed by atoms with E-state index in [-0.39, 0.29) is 11.8 Å². The first kappa shape index (κ1) is 19.7. The lowest BCUT2D eigenvalue weighted by molar-refractivity contribution is 0.0664. The molecule has 0 spiro atoms. The zero-order chi connectivity index (χ0) is 20.1. The van der Waals surface area contributed by atoms with Crippen LogP contribution in [0.1, 0.15) is 20.7 Å². The fourth-order valence-corrected chi connectivity index (χ4v) is 3.06.